The molecule has 0 N–H and O–H groups in total. The topological polar surface area (TPSA) is 25.4 Å². The van der Waals surface area contributed by atoms with E-state index >= 15 is 0 Å². The first-order chi connectivity index (χ1) is 11.5. The van der Waals surface area contributed by atoms with Crippen molar-refractivity contribution in [3.63, 3.8) is 0 Å². The Labute approximate surface area is 141 Å². The lowest BCUT2D eigenvalue weighted by Crippen LogP contribution is -2.44. The number of nitrogens with zero attached hydrogens (tertiary/aromatic N) is 2. The van der Waals surface area contributed by atoms with E-state index in [-0.39, 0.29) is 11.2 Å². The number of ether oxygens (including phenoxy) is 1. The molecular weight excluding hydrogens is 310 g/mol. The van der Waals surface area contributed by atoms with E-state index in [1.807, 2.05) is 12.1 Å². The third-order valence-electron chi connectivity index (χ3n) is 4.50. The molecule has 2 heterocycles. The van der Waals surface area contributed by atoms with Gasteiger partial charge in [-0.05, 0) is 49.7 Å². The van der Waals surface area contributed by atoms with Crippen LogP contribution in [0.2, 0.25) is 0 Å². The van der Waals surface area contributed by atoms with Crippen LogP contribution >= 0.6 is 0 Å². The van der Waals surface area contributed by atoms with Gasteiger partial charge in [0.2, 0.25) is 0 Å². The van der Waals surface area contributed by atoms with Crippen molar-refractivity contribution in [1.29, 1.82) is 0 Å². The van der Waals surface area contributed by atoms with E-state index in [4.69, 9.17) is 4.74 Å². The molecule has 1 aromatic heterocycles. The highest BCUT2D eigenvalue weighted by molar-refractivity contribution is 5.19. The second kappa shape index (κ2) is 7.26. The van der Waals surface area contributed by atoms with Crippen molar-refractivity contribution < 1.29 is 13.5 Å². The van der Waals surface area contributed by atoms with Gasteiger partial charge in [-0.2, -0.15) is 0 Å². The van der Waals surface area contributed by atoms with Gasteiger partial charge in [0.25, 0.3) is 0 Å². The SMILES string of the molecule is CC1(COc2ccncc2)CCCN(Cc2cc(F)ccc2F)C1. The number of hydrogen-bond acceptors (Lipinski definition) is 3. The lowest BCUT2D eigenvalue weighted by Gasteiger charge is -2.40. The lowest BCUT2D eigenvalue weighted by atomic mass is 9.82. The molecule has 1 aliphatic rings. The summed E-state index contributed by atoms with van der Waals surface area (Å²) >= 11 is 0. The minimum Gasteiger partial charge on any atom is -0.493 e. The largest absolute Gasteiger partial charge is 0.493 e. The molecule has 128 valence electrons. The summed E-state index contributed by atoms with van der Waals surface area (Å²) in [6.07, 6.45) is 5.49. The van der Waals surface area contributed by atoms with Gasteiger partial charge in [-0.25, -0.2) is 8.78 Å². The maximum atomic E-state index is 13.9. The Bertz CT molecular complexity index is 680. The van der Waals surface area contributed by atoms with Crippen LogP contribution in [0.5, 0.6) is 5.75 Å². The van der Waals surface area contributed by atoms with Crippen LogP contribution in [0.4, 0.5) is 8.78 Å². The van der Waals surface area contributed by atoms with Gasteiger partial charge in [-0.3, -0.25) is 9.88 Å². The van der Waals surface area contributed by atoms with Crippen molar-refractivity contribution in [3.8, 4) is 5.75 Å². The van der Waals surface area contributed by atoms with Gasteiger partial charge in [0.1, 0.15) is 17.4 Å². The minimum atomic E-state index is -0.396. The number of rotatable bonds is 5. The third-order valence-corrected chi connectivity index (χ3v) is 4.50. The number of piperidine rings is 1. The van der Waals surface area contributed by atoms with Crippen LogP contribution in [0.3, 0.4) is 0 Å². The lowest BCUT2D eigenvalue weighted by molar-refractivity contribution is 0.0517. The first-order valence-corrected chi connectivity index (χ1v) is 8.23. The average molecular weight is 332 g/mol. The van der Waals surface area contributed by atoms with Gasteiger partial charge in [0, 0.05) is 36.5 Å². The summed E-state index contributed by atoms with van der Waals surface area (Å²) in [7, 11) is 0. The van der Waals surface area contributed by atoms with Crippen molar-refractivity contribution in [2.24, 2.45) is 5.41 Å². The van der Waals surface area contributed by atoms with Crippen molar-refractivity contribution in [2.45, 2.75) is 26.3 Å². The highest BCUT2D eigenvalue weighted by atomic mass is 19.1. The Balaban J connectivity index is 1.61. The Morgan fingerprint density at radius 2 is 2.00 bits per heavy atom. The van der Waals surface area contributed by atoms with Crippen molar-refractivity contribution >= 4 is 0 Å². The molecule has 0 amide bonds. The Hall–Kier alpha value is -2.01. The second-order valence-corrected chi connectivity index (χ2v) is 6.83. The predicted octanol–water partition coefficient (Wildman–Crippen LogP) is 4.04. The maximum absolute atomic E-state index is 13.9. The molecule has 3 rings (SSSR count). The third kappa shape index (κ3) is 4.29. The number of likely N-dealkylation sites (tertiary alicyclic amines) is 1. The van der Waals surface area contributed by atoms with Crippen molar-refractivity contribution in [2.75, 3.05) is 19.7 Å². The summed E-state index contributed by atoms with van der Waals surface area (Å²) in [5, 5.41) is 0. The van der Waals surface area contributed by atoms with Crippen LogP contribution in [-0.2, 0) is 6.54 Å². The molecule has 1 atom stereocenters. The molecule has 1 aromatic carbocycles. The van der Waals surface area contributed by atoms with Crippen LogP contribution < -0.4 is 4.74 Å². The zero-order valence-electron chi connectivity index (χ0n) is 13.8. The molecular formula is C19H22F2N2O. The summed E-state index contributed by atoms with van der Waals surface area (Å²) in [5.74, 6) is 0.0587. The summed E-state index contributed by atoms with van der Waals surface area (Å²) in [5.41, 5.74) is 0.403. The van der Waals surface area contributed by atoms with E-state index in [9.17, 15) is 8.78 Å². The summed E-state index contributed by atoms with van der Waals surface area (Å²) in [6, 6.07) is 7.31. The van der Waals surface area contributed by atoms with Gasteiger partial charge in [0.05, 0.1) is 6.61 Å². The summed E-state index contributed by atoms with van der Waals surface area (Å²) in [6.45, 7) is 4.89. The molecule has 1 aliphatic heterocycles. The molecule has 24 heavy (non-hydrogen) atoms. The van der Waals surface area contributed by atoms with Crippen molar-refractivity contribution in [1.82, 2.24) is 9.88 Å². The zero-order chi connectivity index (χ0) is 17.0. The van der Waals surface area contributed by atoms with Crippen molar-refractivity contribution in [3.05, 3.63) is 59.9 Å². The maximum Gasteiger partial charge on any atom is 0.127 e. The van der Waals surface area contributed by atoms with Crippen LogP contribution in [-0.4, -0.2) is 29.6 Å². The first kappa shape index (κ1) is 16.8. The van der Waals surface area contributed by atoms with E-state index < -0.39 is 5.82 Å². The number of benzene rings is 1. The van der Waals surface area contributed by atoms with E-state index in [2.05, 4.69) is 16.8 Å². The fraction of sp³-hybridized carbons (Fsp3) is 0.421. The van der Waals surface area contributed by atoms with Crippen LogP contribution in [0.15, 0.2) is 42.7 Å². The monoisotopic (exact) mass is 332 g/mol. The Morgan fingerprint density at radius 1 is 1.21 bits per heavy atom. The molecule has 3 nitrogen and oxygen atoms in total. The normalized spacial score (nSPS) is 21.6. The van der Waals surface area contributed by atoms with E-state index in [0.29, 0.717) is 18.7 Å². The minimum absolute atomic E-state index is 0.00861. The molecule has 0 spiro atoms. The van der Waals surface area contributed by atoms with Gasteiger partial charge >= 0.3 is 0 Å². The van der Waals surface area contributed by atoms with Gasteiger partial charge in [0.15, 0.2) is 0 Å². The van der Waals surface area contributed by atoms with E-state index in [1.165, 1.54) is 12.1 Å². The van der Waals surface area contributed by atoms with Crippen LogP contribution in [0, 0.1) is 17.0 Å². The van der Waals surface area contributed by atoms with Gasteiger partial charge < -0.3 is 4.74 Å². The Kier molecular flexibility index (Phi) is 5.09. The Morgan fingerprint density at radius 3 is 2.79 bits per heavy atom. The molecule has 1 unspecified atom stereocenters. The number of halogens is 2. The average Bonchev–Trinajstić information content (AvgIpc) is 2.58. The highest BCUT2D eigenvalue weighted by Gasteiger charge is 2.32. The number of hydrogen-bond donors (Lipinski definition) is 0. The fourth-order valence-corrected chi connectivity index (χ4v) is 3.28. The van der Waals surface area contributed by atoms with E-state index in [0.717, 1.165) is 37.7 Å². The zero-order valence-corrected chi connectivity index (χ0v) is 13.8. The van der Waals surface area contributed by atoms with E-state index in [1.54, 1.807) is 12.4 Å². The van der Waals surface area contributed by atoms with Gasteiger partial charge in [-0.15, -0.1) is 0 Å². The molecule has 0 radical (unpaired) electrons. The quantitative estimate of drug-likeness (QED) is 0.826. The van der Waals surface area contributed by atoms with Crippen LogP contribution in [0.1, 0.15) is 25.3 Å². The smallest absolute Gasteiger partial charge is 0.127 e. The molecule has 0 saturated carbocycles. The molecule has 1 fully saturated rings. The second-order valence-electron chi connectivity index (χ2n) is 6.83. The molecule has 2 aromatic rings. The van der Waals surface area contributed by atoms with Gasteiger partial charge in [-0.1, -0.05) is 6.92 Å². The molecule has 0 aliphatic carbocycles. The summed E-state index contributed by atoms with van der Waals surface area (Å²) < 4.78 is 33.1. The summed E-state index contributed by atoms with van der Waals surface area (Å²) in [4.78, 5) is 6.16. The standard InChI is InChI=1S/C19H22F2N2O/c1-19(14-24-17-5-8-22-9-6-17)7-2-10-23(13-19)12-15-11-16(20)3-4-18(15)21/h3-6,8-9,11H,2,7,10,12-14H2,1H3. The number of aromatic nitrogens is 1. The van der Waals surface area contributed by atoms with Crippen LogP contribution in [0.25, 0.3) is 0 Å². The highest BCUT2D eigenvalue weighted by Crippen LogP contribution is 2.31. The molecule has 1 saturated heterocycles. The fourth-order valence-electron chi connectivity index (χ4n) is 3.28. The molecule has 5 heteroatoms. The first-order valence-electron chi connectivity index (χ1n) is 8.23. The predicted molar refractivity (Wildman–Crippen MR) is 88.7 cm³/mol. The molecule has 0 bridgehead atoms. The number of pyridine rings is 1.